The maximum absolute atomic E-state index is 14.3. The Morgan fingerprint density at radius 2 is 1.69 bits per heavy atom. The Balaban J connectivity index is 1.34. The summed E-state index contributed by atoms with van der Waals surface area (Å²) in [5.74, 6) is -1.23. The second-order valence-corrected chi connectivity index (χ2v) is 10.3. The quantitative estimate of drug-likeness (QED) is 0.220. The van der Waals surface area contributed by atoms with Crippen molar-refractivity contribution in [2.45, 2.75) is 26.3 Å². The third kappa shape index (κ3) is 5.14. The first-order valence-electron chi connectivity index (χ1n) is 11.8. The van der Waals surface area contributed by atoms with Gasteiger partial charge < -0.3 is 20.5 Å². The number of fused-ring (bicyclic) bond motifs is 1. The second kappa shape index (κ2) is 10.1. The first-order valence-corrected chi connectivity index (χ1v) is 12.6. The highest BCUT2D eigenvalue weighted by atomic mass is 32.1. The molecular weight excluding hydrogens is 523 g/mol. The molecule has 0 aliphatic heterocycles. The van der Waals surface area contributed by atoms with E-state index in [9.17, 15) is 18.8 Å². The summed E-state index contributed by atoms with van der Waals surface area (Å²) in [5.41, 5.74) is 0.139. The number of hydrogen-bond donors (Lipinski definition) is 4. The fourth-order valence-corrected chi connectivity index (χ4v) is 4.97. The van der Waals surface area contributed by atoms with E-state index in [2.05, 4.69) is 31.3 Å². The number of carbonyl (C=O) groups excluding carboxylic acids is 3. The lowest BCUT2D eigenvalue weighted by Crippen LogP contribution is -2.41. The lowest BCUT2D eigenvalue weighted by atomic mass is 9.93. The Labute approximate surface area is 225 Å². The number of aryl methyl sites for hydroxylation is 1. The van der Waals surface area contributed by atoms with Crippen LogP contribution >= 0.6 is 11.3 Å². The molecule has 4 N–H and O–H groups in total. The smallest absolute Gasteiger partial charge is 0.262 e. The lowest BCUT2D eigenvalue weighted by molar-refractivity contribution is 0.0913. The SMILES string of the molecule is Cc1oncc1C(=O)Nc1ccccc1C(=O)Nc1n[nH]c2sc(C(=O)NC(C)(C)c3ccccc3F)cc12. The number of carbonyl (C=O) groups is 3. The Morgan fingerprint density at radius 1 is 0.974 bits per heavy atom. The van der Waals surface area contributed by atoms with Gasteiger partial charge in [0.15, 0.2) is 5.82 Å². The maximum atomic E-state index is 14.3. The largest absolute Gasteiger partial charge is 0.361 e. The second-order valence-electron chi connectivity index (χ2n) is 9.23. The van der Waals surface area contributed by atoms with Crippen LogP contribution in [-0.4, -0.2) is 33.1 Å². The molecule has 0 aliphatic carbocycles. The minimum Gasteiger partial charge on any atom is -0.361 e. The summed E-state index contributed by atoms with van der Waals surface area (Å²) in [6.45, 7) is 5.05. The number of aromatic nitrogens is 3. The summed E-state index contributed by atoms with van der Waals surface area (Å²) >= 11 is 1.15. The van der Waals surface area contributed by atoms with Crippen molar-refractivity contribution >= 4 is 50.8 Å². The predicted molar refractivity (Wildman–Crippen MR) is 144 cm³/mol. The van der Waals surface area contributed by atoms with Crippen LogP contribution in [0, 0.1) is 12.7 Å². The van der Waals surface area contributed by atoms with Gasteiger partial charge >= 0.3 is 0 Å². The Kier molecular flexibility index (Phi) is 6.71. The summed E-state index contributed by atoms with van der Waals surface area (Å²) in [6.07, 6.45) is 1.30. The van der Waals surface area contributed by atoms with Crippen LogP contribution in [0.4, 0.5) is 15.9 Å². The highest BCUT2D eigenvalue weighted by molar-refractivity contribution is 7.20. The fraction of sp³-hybridized carbons (Fsp3) is 0.148. The minimum absolute atomic E-state index is 0.205. The maximum Gasteiger partial charge on any atom is 0.262 e. The van der Waals surface area contributed by atoms with E-state index in [1.165, 1.54) is 12.3 Å². The molecular formula is C27H23FN6O4S. The number of rotatable bonds is 7. The monoisotopic (exact) mass is 546 g/mol. The molecule has 0 fully saturated rings. The minimum atomic E-state index is -0.964. The molecule has 0 unspecified atom stereocenters. The summed E-state index contributed by atoms with van der Waals surface area (Å²) in [6, 6.07) is 14.4. The molecule has 0 radical (unpaired) electrons. The van der Waals surface area contributed by atoms with Gasteiger partial charge in [0.05, 0.1) is 33.2 Å². The summed E-state index contributed by atoms with van der Waals surface area (Å²) in [7, 11) is 0. The average Bonchev–Trinajstić information content (AvgIpc) is 3.61. The number of para-hydroxylation sites is 1. The highest BCUT2D eigenvalue weighted by Crippen LogP contribution is 2.31. The van der Waals surface area contributed by atoms with Gasteiger partial charge in [-0.1, -0.05) is 35.5 Å². The van der Waals surface area contributed by atoms with E-state index < -0.39 is 29.1 Å². The van der Waals surface area contributed by atoms with Crippen LogP contribution in [0.3, 0.4) is 0 Å². The molecule has 5 aromatic rings. The molecule has 198 valence electrons. The molecule has 0 saturated heterocycles. The molecule has 0 spiro atoms. The van der Waals surface area contributed by atoms with Crippen molar-refractivity contribution in [3.8, 4) is 0 Å². The Hall–Kier alpha value is -4.84. The third-order valence-electron chi connectivity index (χ3n) is 6.10. The zero-order valence-corrected chi connectivity index (χ0v) is 21.9. The molecule has 0 saturated carbocycles. The number of aromatic amines is 1. The van der Waals surface area contributed by atoms with Crippen molar-refractivity contribution in [2.75, 3.05) is 10.6 Å². The van der Waals surface area contributed by atoms with E-state index in [0.29, 0.717) is 26.4 Å². The number of amides is 3. The number of halogens is 1. The van der Waals surface area contributed by atoms with Crippen LogP contribution in [0.5, 0.6) is 0 Å². The van der Waals surface area contributed by atoms with E-state index >= 15 is 0 Å². The van der Waals surface area contributed by atoms with E-state index in [1.807, 2.05) is 0 Å². The van der Waals surface area contributed by atoms with Crippen molar-refractivity contribution in [3.05, 3.63) is 93.9 Å². The van der Waals surface area contributed by atoms with Crippen molar-refractivity contribution in [1.29, 1.82) is 0 Å². The molecule has 3 aromatic heterocycles. The number of anilines is 2. The van der Waals surface area contributed by atoms with Crippen molar-refractivity contribution in [2.24, 2.45) is 0 Å². The zero-order valence-electron chi connectivity index (χ0n) is 21.1. The molecule has 10 nitrogen and oxygen atoms in total. The predicted octanol–water partition coefficient (Wildman–Crippen LogP) is 5.23. The Bertz CT molecular complexity index is 1720. The van der Waals surface area contributed by atoms with E-state index in [1.54, 1.807) is 69.3 Å². The normalized spacial score (nSPS) is 11.4. The molecule has 2 aromatic carbocycles. The van der Waals surface area contributed by atoms with Crippen LogP contribution in [0.2, 0.25) is 0 Å². The Morgan fingerprint density at radius 3 is 2.44 bits per heavy atom. The lowest BCUT2D eigenvalue weighted by Gasteiger charge is -2.27. The highest BCUT2D eigenvalue weighted by Gasteiger charge is 2.28. The molecule has 3 heterocycles. The van der Waals surface area contributed by atoms with Crippen LogP contribution in [-0.2, 0) is 5.54 Å². The molecule has 39 heavy (non-hydrogen) atoms. The van der Waals surface area contributed by atoms with Gasteiger partial charge in [-0.2, -0.15) is 5.10 Å². The van der Waals surface area contributed by atoms with Gasteiger partial charge in [0.2, 0.25) is 0 Å². The van der Waals surface area contributed by atoms with Gasteiger partial charge in [0.1, 0.15) is 22.0 Å². The summed E-state index contributed by atoms with van der Waals surface area (Å²) in [5, 5.41) is 19.4. The molecule has 0 bridgehead atoms. The average molecular weight is 547 g/mol. The third-order valence-corrected chi connectivity index (χ3v) is 7.14. The number of H-pyrrole nitrogens is 1. The van der Waals surface area contributed by atoms with Gasteiger partial charge in [-0.15, -0.1) is 11.3 Å². The number of nitrogens with one attached hydrogen (secondary N) is 4. The van der Waals surface area contributed by atoms with E-state index in [-0.39, 0.29) is 22.6 Å². The molecule has 12 heteroatoms. The molecule has 0 atom stereocenters. The van der Waals surface area contributed by atoms with Gasteiger partial charge in [0, 0.05) is 5.56 Å². The van der Waals surface area contributed by atoms with Crippen molar-refractivity contribution in [1.82, 2.24) is 20.7 Å². The topological polar surface area (TPSA) is 142 Å². The fourth-order valence-electron chi connectivity index (χ4n) is 4.08. The van der Waals surface area contributed by atoms with Crippen LogP contribution in [0.25, 0.3) is 10.2 Å². The number of benzene rings is 2. The van der Waals surface area contributed by atoms with E-state index in [0.717, 1.165) is 11.3 Å². The van der Waals surface area contributed by atoms with E-state index in [4.69, 9.17) is 4.52 Å². The van der Waals surface area contributed by atoms with Crippen molar-refractivity contribution in [3.63, 3.8) is 0 Å². The van der Waals surface area contributed by atoms with Crippen LogP contribution < -0.4 is 16.0 Å². The van der Waals surface area contributed by atoms with Crippen molar-refractivity contribution < 1.29 is 23.3 Å². The van der Waals surface area contributed by atoms with Gasteiger partial charge in [-0.05, 0) is 45.0 Å². The molecule has 0 aliphatic rings. The van der Waals surface area contributed by atoms with Gasteiger partial charge in [-0.3, -0.25) is 19.5 Å². The summed E-state index contributed by atoms with van der Waals surface area (Å²) in [4.78, 5) is 39.8. The first-order chi connectivity index (χ1) is 18.6. The number of hydrogen-bond acceptors (Lipinski definition) is 7. The zero-order chi connectivity index (χ0) is 27.7. The van der Waals surface area contributed by atoms with Crippen LogP contribution in [0.1, 0.15) is 55.6 Å². The first kappa shape index (κ1) is 25.8. The molecule has 3 amide bonds. The molecule has 5 rings (SSSR count). The number of nitrogens with zero attached hydrogens (tertiary/aromatic N) is 2. The number of thiophene rings is 1. The standard InChI is InChI=1S/C27H23FN6O4S/c1-14-17(13-29-38-14)24(36)30-20-11-7-4-8-15(20)23(35)31-22-16-12-21(39-26(16)34-33-22)25(37)32-27(2,3)18-9-5-6-10-19(18)28/h4-13H,1-3H3,(H,30,36)(H,32,37)(H2,31,33,34,35). The summed E-state index contributed by atoms with van der Waals surface area (Å²) < 4.78 is 19.3. The van der Waals surface area contributed by atoms with Gasteiger partial charge in [0.25, 0.3) is 17.7 Å². The van der Waals surface area contributed by atoms with Crippen LogP contribution in [0.15, 0.2) is 65.3 Å². The van der Waals surface area contributed by atoms with Gasteiger partial charge in [-0.25, -0.2) is 4.39 Å².